The fourth-order valence-corrected chi connectivity index (χ4v) is 1.97. The van der Waals surface area contributed by atoms with Crippen molar-refractivity contribution in [2.45, 2.75) is 39.7 Å². The van der Waals surface area contributed by atoms with Gasteiger partial charge in [-0.1, -0.05) is 13.8 Å². The normalized spacial score (nSPS) is 19.4. The van der Waals surface area contributed by atoms with Crippen molar-refractivity contribution in [3.63, 3.8) is 0 Å². The van der Waals surface area contributed by atoms with Crippen LogP contribution in [0.3, 0.4) is 0 Å². The second kappa shape index (κ2) is 7.99. The van der Waals surface area contributed by atoms with E-state index in [4.69, 9.17) is 4.74 Å². The number of esters is 1. The summed E-state index contributed by atoms with van der Waals surface area (Å²) in [4.78, 5) is 24.0. The number of nitrogens with one attached hydrogen (secondary N) is 1. The molecule has 1 atom stereocenters. The zero-order valence-corrected chi connectivity index (χ0v) is 12.0. The molecule has 1 unspecified atom stereocenters. The van der Waals surface area contributed by atoms with E-state index in [0.29, 0.717) is 25.0 Å². The maximum atomic E-state index is 11.7. The molecule has 1 aliphatic heterocycles. The molecule has 1 amide bonds. The van der Waals surface area contributed by atoms with E-state index in [1.165, 1.54) is 6.92 Å². The van der Waals surface area contributed by atoms with Crippen molar-refractivity contribution < 1.29 is 19.1 Å². The van der Waals surface area contributed by atoms with Gasteiger partial charge in [-0.2, -0.15) is 0 Å². The lowest BCUT2D eigenvalue weighted by Gasteiger charge is -2.32. The topological polar surface area (TPSA) is 67.9 Å². The lowest BCUT2D eigenvalue weighted by Crippen LogP contribution is -2.49. The van der Waals surface area contributed by atoms with Crippen LogP contribution in [0.5, 0.6) is 0 Å². The molecule has 1 saturated heterocycles. The Morgan fingerprint density at radius 1 is 1.37 bits per heavy atom. The second-order valence-corrected chi connectivity index (χ2v) is 5.25. The molecule has 0 bridgehead atoms. The van der Waals surface area contributed by atoms with Crippen molar-refractivity contribution in [2.75, 3.05) is 26.4 Å². The number of hydrogen-bond acceptors (Lipinski definition) is 5. The number of piperidine rings is 1. The summed E-state index contributed by atoms with van der Waals surface area (Å²) >= 11 is 0. The molecule has 0 aliphatic carbocycles. The van der Waals surface area contributed by atoms with Gasteiger partial charge in [-0.05, 0) is 25.3 Å². The van der Waals surface area contributed by atoms with Crippen molar-refractivity contribution >= 4 is 12.1 Å². The first-order valence-electron chi connectivity index (χ1n) is 6.77. The summed E-state index contributed by atoms with van der Waals surface area (Å²) in [6.07, 6.45) is 1.61. The Balaban J connectivity index is 2.28. The molecule has 1 fully saturated rings. The van der Waals surface area contributed by atoms with Crippen LogP contribution in [0.1, 0.15) is 33.6 Å². The lowest BCUT2D eigenvalue weighted by atomic mass is 10.1. The first-order chi connectivity index (χ1) is 8.99. The van der Waals surface area contributed by atoms with Crippen molar-refractivity contribution in [3.8, 4) is 0 Å². The van der Waals surface area contributed by atoms with Gasteiger partial charge in [0.05, 0.1) is 0 Å². The zero-order chi connectivity index (χ0) is 14.3. The summed E-state index contributed by atoms with van der Waals surface area (Å²) in [6.45, 7) is 7.56. The monoisotopic (exact) mass is 272 g/mol. The van der Waals surface area contributed by atoms with Crippen molar-refractivity contribution in [2.24, 2.45) is 5.92 Å². The van der Waals surface area contributed by atoms with Gasteiger partial charge in [-0.25, -0.2) is 4.79 Å². The van der Waals surface area contributed by atoms with Crippen LogP contribution >= 0.6 is 0 Å². The smallest absolute Gasteiger partial charge is 0.412 e. The van der Waals surface area contributed by atoms with Crippen LogP contribution in [0.2, 0.25) is 0 Å². The lowest BCUT2D eigenvalue weighted by molar-refractivity contribution is -0.149. The number of rotatable bonds is 5. The Bertz CT molecular complexity index is 307. The first-order valence-corrected chi connectivity index (χ1v) is 6.77. The molecule has 19 heavy (non-hydrogen) atoms. The van der Waals surface area contributed by atoms with E-state index in [2.05, 4.69) is 23.9 Å². The Morgan fingerprint density at radius 2 is 2.11 bits per heavy atom. The van der Waals surface area contributed by atoms with Crippen LogP contribution < -0.4 is 5.32 Å². The van der Waals surface area contributed by atoms with E-state index < -0.39 is 12.1 Å². The van der Waals surface area contributed by atoms with E-state index in [1.807, 2.05) is 0 Å². The summed E-state index contributed by atoms with van der Waals surface area (Å²) in [5.74, 6) is 0.134. The number of ether oxygens (including phenoxy) is 2. The third kappa shape index (κ3) is 6.42. The molecular weight excluding hydrogens is 248 g/mol. The number of nitrogens with zero attached hydrogens (tertiary/aromatic N) is 1. The molecule has 1 rings (SSSR count). The molecule has 0 saturated carbocycles. The number of likely N-dealkylation sites (tertiary alicyclic amines) is 1. The SMILES string of the molecule is CC(=O)OCOC(=O)N1CCCC(NCC(C)C)C1. The Hall–Kier alpha value is -1.30. The van der Waals surface area contributed by atoms with Gasteiger partial charge in [0, 0.05) is 26.1 Å². The summed E-state index contributed by atoms with van der Waals surface area (Å²) < 4.78 is 9.47. The minimum absolute atomic E-state index is 0.311. The van der Waals surface area contributed by atoms with Crippen molar-refractivity contribution in [3.05, 3.63) is 0 Å². The molecule has 0 aromatic rings. The predicted molar refractivity (Wildman–Crippen MR) is 70.5 cm³/mol. The van der Waals surface area contributed by atoms with E-state index in [-0.39, 0.29) is 6.79 Å². The Kier molecular flexibility index (Phi) is 6.62. The maximum absolute atomic E-state index is 11.7. The van der Waals surface area contributed by atoms with E-state index in [9.17, 15) is 9.59 Å². The van der Waals surface area contributed by atoms with Gasteiger partial charge in [0.1, 0.15) is 0 Å². The molecular formula is C13H24N2O4. The van der Waals surface area contributed by atoms with Gasteiger partial charge in [-0.15, -0.1) is 0 Å². The highest BCUT2D eigenvalue weighted by atomic mass is 16.7. The fraction of sp³-hybridized carbons (Fsp3) is 0.846. The third-order valence-electron chi connectivity index (χ3n) is 2.94. The standard InChI is InChI=1S/C13H24N2O4/c1-10(2)7-14-12-5-4-6-15(8-12)13(17)19-9-18-11(3)16/h10,12,14H,4-9H2,1-3H3. The minimum Gasteiger partial charge on any atom is -0.428 e. The van der Waals surface area contributed by atoms with Crippen LogP contribution in [0, 0.1) is 5.92 Å². The third-order valence-corrected chi connectivity index (χ3v) is 2.94. The van der Waals surface area contributed by atoms with Gasteiger partial charge in [0.25, 0.3) is 0 Å². The van der Waals surface area contributed by atoms with Crippen LogP contribution in [-0.4, -0.2) is 49.4 Å². The highest BCUT2D eigenvalue weighted by Gasteiger charge is 2.24. The average molecular weight is 272 g/mol. The van der Waals surface area contributed by atoms with Crippen molar-refractivity contribution in [1.82, 2.24) is 10.2 Å². The Labute approximate surface area is 114 Å². The van der Waals surface area contributed by atoms with Gasteiger partial charge in [0.2, 0.25) is 6.79 Å². The van der Waals surface area contributed by atoms with Gasteiger partial charge < -0.3 is 19.7 Å². The van der Waals surface area contributed by atoms with Crippen LogP contribution in [0.15, 0.2) is 0 Å². The highest BCUT2D eigenvalue weighted by molar-refractivity contribution is 5.68. The summed E-state index contributed by atoms with van der Waals surface area (Å²) in [7, 11) is 0. The quantitative estimate of drug-likeness (QED) is 0.604. The molecule has 1 heterocycles. The molecule has 6 nitrogen and oxygen atoms in total. The summed E-state index contributed by atoms with van der Waals surface area (Å²) in [5, 5.41) is 3.45. The van der Waals surface area contributed by atoms with Crippen LogP contribution in [-0.2, 0) is 14.3 Å². The van der Waals surface area contributed by atoms with E-state index in [1.54, 1.807) is 4.90 Å². The molecule has 0 radical (unpaired) electrons. The average Bonchev–Trinajstić information content (AvgIpc) is 2.36. The van der Waals surface area contributed by atoms with Gasteiger partial charge >= 0.3 is 12.1 Å². The number of carbonyl (C=O) groups excluding carboxylic acids is 2. The van der Waals surface area contributed by atoms with Gasteiger partial charge in [-0.3, -0.25) is 4.79 Å². The minimum atomic E-state index is -0.456. The van der Waals surface area contributed by atoms with Crippen LogP contribution in [0.4, 0.5) is 4.79 Å². The van der Waals surface area contributed by atoms with E-state index in [0.717, 1.165) is 19.4 Å². The molecule has 0 spiro atoms. The maximum Gasteiger partial charge on any atom is 0.412 e. The number of carbonyl (C=O) groups is 2. The molecule has 110 valence electrons. The zero-order valence-electron chi connectivity index (χ0n) is 12.0. The highest BCUT2D eigenvalue weighted by Crippen LogP contribution is 2.11. The Morgan fingerprint density at radius 3 is 2.74 bits per heavy atom. The number of hydrogen-bond donors (Lipinski definition) is 1. The summed E-state index contributed by atoms with van der Waals surface area (Å²) in [6, 6.07) is 0.317. The molecule has 1 N–H and O–H groups in total. The first kappa shape index (κ1) is 15.8. The van der Waals surface area contributed by atoms with Crippen molar-refractivity contribution in [1.29, 1.82) is 0 Å². The van der Waals surface area contributed by atoms with Gasteiger partial charge in [0.15, 0.2) is 0 Å². The van der Waals surface area contributed by atoms with E-state index >= 15 is 0 Å². The molecule has 1 aliphatic rings. The molecule has 0 aromatic carbocycles. The molecule has 6 heteroatoms. The summed E-state index contributed by atoms with van der Waals surface area (Å²) in [5.41, 5.74) is 0. The molecule has 0 aromatic heterocycles. The second-order valence-electron chi connectivity index (χ2n) is 5.25. The van der Waals surface area contributed by atoms with Crippen LogP contribution in [0.25, 0.3) is 0 Å². The predicted octanol–water partition coefficient (Wildman–Crippen LogP) is 1.35. The fourth-order valence-electron chi connectivity index (χ4n) is 1.97. The number of amides is 1. The largest absolute Gasteiger partial charge is 0.428 e.